The van der Waals surface area contributed by atoms with Crippen LogP contribution in [0.25, 0.3) is 11.6 Å². The fourth-order valence-electron chi connectivity index (χ4n) is 2.29. The highest BCUT2D eigenvalue weighted by molar-refractivity contribution is 5.85. The molecule has 2 aromatic rings. The SMILES string of the molecule is COc1ccc2c(c1)/C(=C\c1cnc[nH]1)CC2. The second-order valence-electron chi connectivity index (χ2n) is 4.20. The summed E-state index contributed by atoms with van der Waals surface area (Å²) in [7, 11) is 1.70. The first-order valence-electron chi connectivity index (χ1n) is 5.73. The maximum absolute atomic E-state index is 5.28. The van der Waals surface area contributed by atoms with E-state index in [0.29, 0.717) is 0 Å². The Labute approximate surface area is 100 Å². The fourth-order valence-corrected chi connectivity index (χ4v) is 2.29. The molecule has 0 aliphatic heterocycles. The second kappa shape index (κ2) is 4.09. The van der Waals surface area contributed by atoms with E-state index in [0.717, 1.165) is 24.3 Å². The molecule has 0 saturated carbocycles. The number of fused-ring (bicyclic) bond motifs is 1. The lowest BCUT2D eigenvalue weighted by Gasteiger charge is -2.04. The third-order valence-corrected chi connectivity index (χ3v) is 3.18. The summed E-state index contributed by atoms with van der Waals surface area (Å²) in [6, 6.07) is 6.30. The normalized spacial score (nSPS) is 16.2. The maximum atomic E-state index is 5.28. The van der Waals surface area contributed by atoms with E-state index < -0.39 is 0 Å². The average molecular weight is 226 g/mol. The van der Waals surface area contributed by atoms with Gasteiger partial charge in [0.1, 0.15) is 5.75 Å². The monoisotopic (exact) mass is 226 g/mol. The summed E-state index contributed by atoms with van der Waals surface area (Å²) in [6.07, 6.45) is 7.90. The van der Waals surface area contributed by atoms with Gasteiger partial charge in [-0.2, -0.15) is 0 Å². The van der Waals surface area contributed by atoms with Crippen molar-refractivity contribution in [1.29, 1.82) is 0 Å². The van der Waals surface area contributed by atoms with Crippen molar-refractivity contribution >= 4 is 11.6 Å². The Bertz CT molecular complexity index is 556. The third-order valence-electron chi connectivity index (χ3n) is 3.18. The largest absolute Gasteiger partial charge is 0.497 e. The second-order valence-corrected chi connectivity index (χ2v) is 4.20. The number of H-pyrrole nitrogens is 1. The van der Waals surface area contributed by atoms with E-state index in [-0.39, 0.29) is 0 Å². The van der Waals surface area contributed by atoms with Gasteiger partial charge in [0, 0.05) is 0 Å². The first kappa shape index (κ1) is 10.1. The number of methoxy groups -OCH3 is 1. The van der Waals surface area contributed by atoms with Crippen molar-refractivity contribution in [3.63, 3.8) is 0 Å². The highest BCUT2D eigenvalue weighted by Crippen LogP contribution is 2.35. The number of hydrogen-bond acceptors (Lipinski definition) is 2. The van der Waals surface area contributed by atoms with Gasteiger partial charge in [-0.05, 0) is 47.8 Å². The molecular weight excluding hydrogens is 212 g/mol. The Morgan fingerprint density at radius 1 is 1.35 bits per heavy atom. The molecule has 0 radical (unpaired) electrons. The van der Waals surface area contributed by atoms with E-state index in [9.17, 15) is 0 Å². The van der Waals surface area contributed by atoms with Crippen molar-refractivity contribution in [3.8, 4) is 5.75 Å². The van der Waals surface area contributed by atoms with Gasteiger partial charge >= 0.3 is 0 Å². The first-order valence-corrected chi connectivity index (χ1v) is 5.73. The first-order chi connectivity index (χ1) is 8.36. The van der Waals surface area contributed by atoms with Crippen LogP contribution >= 0.6 is 0 Å². The van der Waals surface area contributed by atoms with Crippen molar-refractivity contribution < 1.29 is 4.74 Å². The van der Waals surface area contributed by atoms with Gasteiger partial charge in [0.05, 0.1) is 25.3 Å². The van der Waals surface area contributed by atoms with Crippen molar-refractivity contribution in [3.05, 3.63) is 47.5 Å². The smallest absolute Gasteiger partial charge is 0.119 e. The number of aromatic nitrogens is 2. The summed E-state index contributed by atoms with van der Waals surface area (Å²) in [5.74, 6) is 0.918. The predicted octanol–water partition coefficient (Wildman–Crippen LogP) is 2.91. The molecule has 1 N–H and O–H groups in total. The fraction of sp³-hybridized carbons (Fsp3) is 0.214. The standard InChI is InChI=1S/C14H14N2O/c1-17-13-5-4-10-2-3-11(14(10)7-13)6-12-8-15-9-16-12/h4-9H,2-3H2,1H3,(H,15,16)/b11-6-. The third kappa shape index (κ3) is 1.84. The summed E-state index contributed by atoms with van der Waals surface area (Å²) in [5.41, 5.74) is 5.11. The zero-order chi connectivity index (χ0) is 11.7. The number of ether oxygens (including phenoxy) is 1. The van der Waals surface area contributed by atoms with Gasteiger partial charge < -0.3 is 9.72 Å². The topological polar surface area (TPSA) is 37.9 Å². The Hall–Kier alpha value is -2.03. The number of nitrogens with zero attached hydrogens (tertiary/aromatic N) is 1. The van der Waals surface area contributed by atoms with E-state index in [1.54, 1.807) is 13.4 Å². The summed E-state index contributed by atoms with van der Waals surface area (Å²) in [4.78, 5) is 7.13. The summed E-state index contributed by atoms with van der Waals surface area (Å²) >= 11 is 0. The Morgan fingerprint density at radius 2 is 2.29 bits per heavy atom. The molecular formula is C14H14N2O. The van der Waals surface area contributed by atoms with Crippen LogP contribution in [0.15, 0.2) is 30.7 Å². The van der Waals surface area contributed by atoms with Gasteiger partial charge in [-0.1, -0.05) is 6.07 Å². The van der Waals surface area contributed by atoms with Crippen LogP contribution in [0.3, 0.4) is 0 Å². The molecule has 1 heterocycles. The molecule has 0 spiro atoms. The van der Waals surface area contributed by atoms with E-state index >= 15 is 0 Å². The maximum Gasteiger partial charge on any atom is 0.119 e. The van der Waals surface area contributed by atoms with Crippen LogP contribution in [0.1, 0.15) is 23.2 Å². The Morgan fingerprint density at radius 3 is 3.06 bits per heavy atom. The van der Waals surface area contributed by atoms with Crippen LogP contribution in [0, 0.1) is 0 Å². The molecule has 3 heteroatoms. The van der Waals surface area contributed by atoms with Crippen LogP contribution in [0.4, 0.5) is 0 Å². The molecule has 1 aliphatic rings. The quantitative estimate of drug-likeness (QED) is 0.855. The van der Waals surface area contributed by atoms with Crippen LogP contribution in [-0.4, -0.2) is 17.1 Å². The zero-order valence-corrected chi connectivity index (χ0v) is 9.73. The predicted molar refractivity (Wildman–Crippen MR) is 67.8 cm³/mol. The number of allylic oxidation sites excluding steroid dienone is 1. The number of rotatable bonds is 2. The van der Waals surface area contributed by atoms with Crippen molar-refractivity contribution in [2.45, 2.75) is 12.8 Å². The number of nitrogens with one attached hydrogen (secondary N) is 1. The molecule has 0 fully saturated rings. The molecule has 3 rings (SSSR count). The lowest BCUT2D eigenvalue weighted by atomic mass is 10.1. The molecule has 0 bridgehead atoms. The van der Waals surface area contributed by atoms with Crippen LogP contribution in [0.5, 0.6) is 5.75 Å². The summed E-state index contributed by atoms with van der Waals surface area (Å²) in [6.45, 7) is 0. The van der Waals surface area contributed by atoms with E-state index in [1.165, 1.54) is 16.7 Å². The van der Waals surface area contributed by atoms with Crippen molar-refractivity contribution in [2.75, 3.05) is 7.11 Å². The van der Waals surface area contributed by atoms with Gasteiger partial charge in [0.2, 0.25) is 0 Å². The number of aryl methyl sites for hydroxylation is 1. The minimum atomic E-state index is 0.918. The Kier molecular flexibility index (Phi) is 2.44. The van der Waals surface area contributed by atoms with Gasteiger partial charge in [0.15, 0.2) is 0 Å². The molecule has 1 aromatic carbocycles. The highest BCUT2D eigenvalue weighted by atomic mass is 16.5. The summed E-state index contributed by atoms with van der Waals surface area (Å²) in [5, 5.41) is 0. The van der Waals surface area contributed by atoms with Crippen molar-refractivity contribution in [2.24, 2.45) is 0 Å². The van der Waals surface area contributed by atoms with Gasteiger partial charge in [-0.25, -0.2) is 4.98 Å². The van der Waals surface area contributed by atoms with E-state index in [1.807, 2.05) is 12.3 Å². The lowest BCUT2D eigenvalue weighted by molar-refractivity contribution is 0.414. The van der Waals surface area contributed by atoms with Gasteiger partial charge in [0.25, 0.3) is 0 Å². The molecule has 0 amide bonds. The van der Waals surface area contributed by atoms with Crippen LogP contribution in [0.2, 0.25) is 0 Å². The van der Waals surface area contributed by atoms with E-state index in [2.05, 4.69) is 28.2 Å². The lowest BCUT2D eigenvalue weighted by Crippen LogP contribution is -1.86. The number of hydrogen-bond donors (Lipinski definition) is 1. The number of aromatic amines is 1. The Balaban J connectivity index is 2.02. The van der Waals surface area contributed by atoms with Gasteiger partial charge in [-0.3, -0.25) is 0 Å². The number of benzene rings is 1. The highest BCUT2D eigenvalue weighted by Gasteiger charge is 2.16. The van der Waals surface area contributed by atoms with Crippen molar-refractivity contribution in [1.82, 2.24) is 9.97 Å². The van der Waals surface area contributed by atoms with Crippen LogP contribution < -0.4 is 4.74 Å². The molecule has 86 valence electrons. The average Bonchev–Trinajstić information content (AvgIpc) is 2.99. The zero-order valence-electron chi connectivity index (χ0n) is 9.73. The molecule has 0 saturated heterocycles. The molecule has 0 unspecified atom stereocenters. The minimum absolute atomic E-state index is 0.918. The molecule has 1 aromatic heterocycles. The van der Waals surface area contributed by atoms with E-state index in [4.69, 9.17) is 4.74 Å². The molecule has 17 heavy (non-hydrogen) atoms. The molecule has 1 aliphatic carbocycles. The summed E-state index contributed by atoms with van der Waals surface area (Å²) < 4.78 is 5.28. The molecule has 0 atom stereocenters. The van der Waals surface area contributed by atoms with Crippen LogP contribution in [-0.2, 0) is 6.42 Å². The van der Waals surface area contributed by atoms with Gasteiger partial charge in [-0.15, -0.1) is 0 Å². The molecule has 3 nitrogen and oxygen atoms in total. The number of imidazole rings is 1. The minimum Gasteiger partial charge on any atom is -0.497 e.